The van der Waals surface area contributed by atoms with E-state index < -0.39 is 6.10 Å². The van der Waals surface area contributed by atoms with Gasteiger partial charge in [0, 0.05) is 16.1 Å². The van der Waals surface area contributed by atoms with Crippen molar-refractivity contribution >= 4 is 29.1 Å². The van der Waals surface area contributed by atoms with Crippen molar-refractivity contribution in [1.29, 1.82) is 0 Å². The number of hydrogen-bond acceptors (Lipinski definition) is 4. The number of carbonyl (C=O) groups is 2. The van der Waals surface area contributed by atoms with Crippen LogP contribution in [-0.2, 0) is 4.79 Å². The fraction of sp³-hybridized carbons (Fsp3) is 0.222. The summed E-state index contributed by atoms with van der Waals surface area (Å²) in [6, 6.07) is 14.4. The minimum absolute atomic E-state index is 0.0403. The molecule has 120 valence electrons. The van der Waals surface area contributed by atoms with Gasteiger partial charge in [-0.25, -0.2) is 0 Å². The number of thioether (sulfide) groups is 1. The average molecular weight is 329 g/mol. The Morgan fingerprint density at radius 1 is 1.13 bits per heavy atom. The van der Waals surface area contributed by atoms with Gasteiger partial charge in [0.05, 0.1) is 0 Å². The number of carbonyl (C=O) groups excluding carboxylic acids is 2. The molecule has 1 N–H and O–H groups in total. The maximum Gasteiger partial charge on any atom is 0.265 e. The minimum Gasteiger partial charge on any atom is -0.481 e. The molecule has 0 heterocycles. The highest BCUT2D eigenvalue weighted by atomic mass is 32.2. The molecule has 1 atom stereocenters. The van der Waals surface area contributed by atoms with Gasteiger partial charge in [0.2, 0.25) is 0 Å². The molecule has 1 unspecified atom stereocenters. The molecule has 23 heavy (non-hydrogen) atoms. The molecule has 0 aliphatic rings. The maximum atomic E-state index is 12.2. The van der Waals surface area contributed by atoms with Crippen molar-refractivity contribution in [2.75, 3.05) is 11.6 Å². The first kappa shape index (κ1) is 17.1. The summed E-state index contributed by atoms with van der Waals surface area (Å²) in [6.45, 7) is 3.17. The van der Waals surface area contributed by atoms with Gasteiger partial charge in [-0.05, 0) is 50.4 Å². The zero-order valence-electron chi connectivity index (χ0n) is 13.3. The molecule has 0 spiro atoms. The lowest BCUT2D eigenvalue weighted by molar-refractivity contribution is -0.122. The summed E-state index contributed by atoms with van der Waals surface area (Å²) in [6.07, 6.45) is 1.31. The number of benzene rings is 2. The Kier molecular flexibility index (Phi) is 5.82. The van der Waals surface area contributed by atoms with Crippen LogP contribution < -0.4 is 10.1 Å². The highest BCUT2D eigenvalue weighted by molar-refractivity contribution is 7.98. The first-order chi connectivity index (χ1) is 11.0. The van der Waals surface area contributed by atoms with Crippen LogP contribution in [-0.4, -0.2) is 24.1 Å². The molecule has 5 heteroatoms. The number of nitrogens with one attached hydrogen (secondary N) is 1. The van der Waals surface area contributed by atoms with Crippen molar-refractivity contribution in [3.05, 3.63) is 54.1 Å². The van der Waals surface area contributed by atoms with E-state index in [1.54, 1.807) is 43.0 Å². The van der Waals surface area contributed by atoms with E-state index in [0.717, 1.165) is 10.6 Å². The molecular formula is C18H19NO3S. The van der Waals surface area contributed by atoms with Crippen LogP contribution in [0, 0.1) is 0 Å². The number of amides is 1. The maximum absolute atomic E-state index is 12.2. The quantitative estimate of drug-likeness (QED) is 0.642. The van der Waals surface area contributed by atoms with Gasteiger partial charge < -0.3 is 10.1 Å². The van der Waals surface area contributed by atoms with E-state index in [1.165, 1.54) is 6.92 Å². The third-order valence-electron chi connectivity index (χ3n) is 3.26. The van der Waals surface area contributed by atoms with E-state index >= 15 is 0 Å². The van der Waals surface area contributed by atoms with E-state index in [9.17, 15) is 9.59 Å². The highest BCUT2D eigenvalue weighted by Crippen LogP contribution is 2.20. The second-order valence-electron chi connectivity index (χ2n) is 5.07. The molecule has 2 aromatic rings. The van der Waals surface area contributed by atoms with E-state index in [2.05, 4.69) is 5.32 Å². The molecule has 0 aromatic heterocycles. The van der Waals surface area contributed by atoms with Crippen molar-refractivity contribution in [3.8, 4) is 5.75 Å². The molecule has 4 nitrogen and oxygen atoms in total. The number of hydrogen-bond donors (Lipinski definition) is 1. The zero-order valence-corrected chi connectivity index (χ0v) is 14.1. The number of anilines is 1. The molecule has 0 saturated carbocycles. The minimum atomic E-state index is -0.671. The molecule has 2 rings (SSSR count). The first-order valence-electron chi connectivity index (χ1n) is 7.22. The summed E-state index contributed by atoms with van der Waals surface area (Å²) in [4.78, 5) is 24.7. The normalized spacial score (nSPS) is 11.6. The van der Waals surface area contributed by atoms with Gasteiger partial charge in [-0.3, -0.25) is 9.59 Å². The van der Waals surface area contributed by atoms with Gasteiger partial charge in [-0.2, -0.15) is 0 Å². The molecule has 0 aliphatic carbocycles. The van der Waals surface area contributed by atoms with Crippen LogP contribution in [0.1, 0.15) is 24.2 Å². The Bertz CT molecular complexity index is 715. The smallest absolute Gasteiger partial charge is 0.265 e. The molecule has 0 saturated heterocycles. The highest BCUT2D eigenvalue weighted by Gasteiger charge is 2.15. The van der Waals surface area contributed by atoms with E-state index in [-0.39, 0.29) is 11.7 Å². The summed E-state index contributed by atoms with van der Waals surface area (Å²) >= 11 is 1.61. The topological polar surface area (TPSA) is 55.4 Å². The summed E-state index contributed by atoms with van der Waals surface area (Å²) in [7, 11) is 0. The fourth-order valence-corrected chi connectivity index (χ4v) is 2.45. The first-order valence-corrected chi connectivity index (χ1v) is 8.44. The lowest BCUT2D eigenvalue weighted by Crippen LogP contribution is -2.30. The molecular weight excluding hydrogens is 310 g/mol. The van der Waals surface area contributed by atoms with Crippen LogP contribution in [0.25, 0.3) is 0 Å². The Balaban J connectivity index is 2.02. The third-order valence-corrected chi connectivity index (χ3v) is 3.99. The lowest BCUT2D eigenvalue weighted by Gasteiger charge is -2.15. The number of rotatable bonds is 6. The SMILES string of the molecule is CSc1cccc(NC(=O)C(C)Oc2cccc(C(C)=O)c2)c1. The Morgan fingerprint density at radius 3 is 2.57 bits per heavy atom. The van der Waals surface area contributed by atoms with Crippen LogP contribution in [0.4, 0.5) is 5.69 Å². The average Bonchev–Trinajstić information content (AvgIpc) is 2.55. The van der Waals surface area contributed by atoms with E-state index in [1.807, 2.05) is 30.5 Å². The predicted molar refractivity (Wildman–Crippen MR) is 93.4 cm³/mol. The van der Waals surface area contributed by atoms with Crippen molar-refractivity contribution in [3.63, 3.8) is 0 Å². The Morgan fingerprint density at radius 2 is 1.87 bits per heavy atom. The fourth-order valence-electron chi connectivity index (χ4n) is 1.99. The van der Waals surface area contributed by atoms with Gasteiger partial charge in [0.1, 0.15) is 5.75 Å². The van der Waals surface area contributed by atoms with E-state index in [4.69, 9.17) is 4.74 Å². The summed E-state index contributed by atoms with van der Waals surface area (Å²) in [5, 5.41) is 2.83. The van der Waals surface area contributed by atoms with Crippen molar-refractivity contribution in [2.24, 2.45) is 0 Å². The summed E-state index contributed by atoms with van der Waals surface area (Å²) < 4.78 is 5.63. The Hall–Kier alpha value is -2.27. The summed E-state index contributed by atoms with van der Waals surface area (Å²) in [5.74, 6) is 0.219. The molecule has 0 fully saturated rings. The van der Waals surface area contributed by atoms with Gasteiger partial charge >= 0.3 is 0 Å². The van der Waals surface area contributed by atoms with Crippen molar-refractivity contribution < 1.29 is 14.3 Å². The third kappa shape index (κ3) is 4.86. The number of ether oxygens (including phenoxy) is 1. The molecule has 2 aromatic carbocycles. The second-order valence-corrected chi connectivity index (χ2v) is 5.94. The molecule has 0 aliphatic heterocycles. The van der Waals surface area contributed by atoms with Gasteiger partial charge in [0.15, 0.2) is 11.9 Å². The van der Waals surface area contributed by atoms with Gasteiger partial charge in [-0.1, -0.05) is 18.2 Å². The van der Waals surface area contributed by atoms with Crippen LogP contribution in [0.3, 0.4) is 0 Å². The molecule has 0 bridgehead atoms. The Labute approximate surface area is 140 Å². The standard InChI is InChI=1S/C18H19NO3S/c1-12(20)14-6-4-8-16(10-14)22-13(2)18(21)19-15-7-5-9-17(11-15)23-3/h4-11,13H,1-3H3,(H,19,21). The van der Waals surface area contributed by atoms with Crippen LogP contribution in [0.5, 0.6) is 5.75 Å². The van der Waals surface area contributed by atoms with Crippen LogP contribution in [0.15, 0.2) is 53.4 Å². The van der Waals surface area contributed by atoms with Crippen molar-refractivity contribution in [2.45, 2.75) is 24.8 Å². The van der Waals surface area contributed by atoms with Crippen LogP contribution >= 0.6 is 11.8 Å². The zero-order chi connectivity index (χ0) is 16.8. The predicted octanol–water partition coefficient (Wildman–Crippen LogP) is 4.02. The lowest BCUT2D eigenvalue weighted by atomic mass is 10.1. The van der Waals surface area contributed by atoms with Crippen molar-refractivity contribution in [1.82, 2.24) is 0 Å². The monoisotopic (exact) mass is 329 g/mol. The number of ketones is 1. The molecule has 1 amide bonds. The van der Waals surface area contributed by atoms with Gasteiger partial charge in [-0.15, -0.1) is 11.8 Å². The molecule has 0 radical (unpaired) electrons. The van der Waals surface area contributed by atoms with Gasteiger partial charge in [0.25, 0.3) is 5.91 Å². The second kappa shape index (κ2) is 7.83. The largest absolute Gasteiger partial charge is 0.481 e. The van der Waals surface area contributed by atoms with E-state index in [0.29, 0.717) is 11.3 Å². The van der Waals surface area contributed by atoms with Crippen LogP contribution in [0.2, 0.25) is 0 Å². The summed E-state index contributed by atoms with van der Waals surface area (Å²) in [5.41, 5.74) is 1.29. The number of Topliss-reactive ketones (excluding diaryl/α,β-unsaturated/α-hetero) is 1.